The summed E-state index contributed by atoms with van der Waals surface area (Å²) in [4.78, 5) is 0. The molecule has 0 aliphatic rings. The molecule has 0 saturated carbocycles. The van der Waals surface area contributed by atoms with Crippen LogP contribution in [-0.2, 0) is 7.05 Å². The molecule has 0 aliphatic heterocycles. The van der Waals surface area contributed by atoms with Gasteiger partial charge in [-0.3, -0.25) is 0 Å². The molecule has 0 atom stereocenters. The Morgan fingerprint density at radius 3 is 2.05 bits per heavy atom. The van der Waals surface area contributed by atoms with Crippen LogP contribution in [0.5, 0.6) is 0 Å². The highest BCUT2D eigenvalue weighted by molar-refractivity contribution is 5.75. The van der Waals surface area contributed by atoms with Crippen LogP contribution in [0.2, 0.25) is 0 Å². The summed E-state index contributed by atoms with van der Waals surface area (Å²) in [5.74, 6) is 0. The van der Waals surface area contributed by atoms with E-state index in [9.17, 15) is 0 Å². The Hall–Kier alpha value is -2.28. The van der Waals surface area contributed by atoms with Gasteiger partial charge in [-0.05, 0) is 42.2 Å². The lowest BCUT2D eigenvalue weighted by Gasteiger charge is -2.05. The molecule has 20 heavy (non-hydrogen) atoms. The second kappa shape index (κ2) is 5.01. The molecule has 0 bridgehead atoms. The average molecular weight is 261 g/mol. The van der Waals surface area contributed by atoms with Crippen LogP contribution in [0.1, 0.15) is 11.3 Å². The summed E-state index contributed by atoms with van der Waals surface area (Å²) in [6.45, 7) is 4.36. The lowest BCUT2D eigenvalue weighted by Crippen LogP contribution is -1.87. The summed E-state index contributed by atoms with van der Waals surface area (Å²) >= 11 is 0. The monoisotopic (exact) mass is 261 g/mol. The van der Waals surface area contributed by atoms with Gasteiger partial charge in [0.2, 0.25) is 0 Å². The van der Waals surface area contributed by atoms with Crippen molar-refractivity contribution in [3.63, 3.8) is 0 Å². The van der Waals surface area contributed by atoms with Crippen molar-refractivity contribution < 1.29 is 0 Å². The van der Waals surface area contributed by atoms with Crippen molar-refractivity contribution in [3.8, 4) is 22.3 Å². The molecule has 1 aromatic heterocycles. The molecule has 3 rings (SSSR count). The van der Waals surface area contributed by atoms with Crippen molar-refractivity contribution in [1.82, 2.24) is 4.57 Å². The van der Waals surface area contributed by atoms with Crippen LogP contribution >= 0.6 is 0 Å². The lowest BCUT2D eigenvalue weighted by atomic mass is 9.98. The maximum atomic E-state index is 2.27. The van der Waals surface area contributed by atoms with Gasteiger partial charge in [0.15, 0.2) is 0 Å². The molecule has 1 heteroatoms. The van der Waals surface area contributed by atoms with Crippen molar-refractivity contribution in [3.05, 3.63) is 72.1 Å². The number of nitrogens with zero attached hydrogens (tertiary/aromatic N) is 1. The molecule has 0 aliphatic carbocycles. The maximum absolute atomic E-state index is 2.27. The number of hydrogen-bond donors (Lipinski definition) is 0. The molecule has 0 N–H and O–H groups in total. The van der Waals surface area contributed by atoms with E-state index in [1.807, 2.05) is 0 Å². The summed E-state index contributed by atoms with van der Waals surface area (Å²) in [6, 6.07) is 19.3. The zero-order valence-electron chi connectivity index (χ0n) is 12.2. The molecule has 0 radical (unpaired) electrons. The third-order valence-electron chi connectivity index (χ3n) is 4.08. The fourth-order valence-electron chi connectivity index (χ4n) is 2.63. The summed E-state index contributed by atoms with van der Waals surface area (Å²) < 4.78 is 2.19. The van der Waals surface area contributed by atoms with Crippen LogP contribution in [0.4, 0.5) is 0 Å². The largest absolute Gasteiger partial charge is 0.354 e. The average Bonchev–Trinajstić information content (AvgIpc) is 2.76. The quantitative estimate of drug-likeness (QED) is 0.613. The zero-order chi connectivity index (χ0) is 14.1. The fourth-order valence-corrected chi connectivity index (χ4v) is 2.63. The molecule has 0 fully saturated rings. The van der Waals surface area contributed by atoms with Crippen molar-refractivity contribution in [2.45, 2.75) is 13.8 Å². The van der Waals surface area contributed by atoms with Crippen LogP contribution in [0, 0.1) is 13.8 Å². The summed E-state index contributed by atoms with van der Waals surface area (Å²) in [7, 11) is 2.10. The van der Waals surface area contributed by atoms with Gasteiger partial charge in [-0.15, -0.1) is 0 Å². The van der Waals surface area contributed by atoms with Gasteiger partial charge in [-0.2, -0.15) is 0 Å². The highest BCUT2D eigenvalue weighted by Gasteiger charge is 2.09. The zero-order valence-corrected chi connectivity index (χ0v) is 12.2. The Morgan fingerprint density at radius 2 is 1.40 bits per heavy atom. The van der Waals surface area contributed by atoms with Gasteiger partial charge >= 0.3 is 0 Å². The first-order chi connectivity index (χ1) is 9.66. The first kappa shape index (κ1) is 12.7. The van der Waals surface area contributed by atoms with Gasteiger partial charge in [0.25, 0.3) is 0 Å². The summed E-state index contributed by atoms with van der Waals surface area (Å²) in [5, 5.41) is 0. The Balaban J connectivity index is 2.10. The van der Waals surface area contributed by atoms with Gasteiger partial charge in [0.1, 0.15) is 0 Å². The molecule has 3 aromatic rings. The van der Waals surface area contributed by atoms with E-state index in [0.717, 1.165) is 0 Å². The molecule has 1 nitrogen and oxygen atoms in total. The number of aromatic nitrogens is 1. The Morgan fingerprint density at radius 1 is 0.750 bits per heavy atom. The van der Waals surface area contributed by atoms with E-state index >= 15 is 0 Å². The van der Waals surface area contributed by atoms with Crippen LogP contribution in [0.25, 0.3) is 22.3 Å². The predicted octanol–water partition coefficient (Wildman–Crippen LogP) is 4.98. The molecular weight excluding hydrogens is 242 g/mol. The second-order valence-electron chi connectivity index (χ2n) is 5.31. The third kappa shape index (κ3) is 2.16. The number of benzene rings is 2. The van der Waals surface area contributed by atoms with E-state index in [4.69, 9.17) is 0 Å². The van der Waals surface area contributed by atoms with Gasteiger partial charge in [0.05, 0.1) is 0 Å². The molecule has 0 amide bonds. The van der Waals surface area contributed by atoms with Crippen LogP contribution in [0.15, 0.2) is 60.8 Å². The minimum atomic E-state index is 1.26. The van der Waals surface area contributed by atoms with E-state index in [1.165, 1.54) is 33.5 Å². The molecule has 0 unspecified atom stereocenters. The minimum absolute atomic E-state index is 1.26. The number of hydrogen-bond acceptors (Lipinski definition) is 0. The fraction of sp³-hybridized carbons (Fsp3) is 0.158. The highest BCUT2D eigenvalue weighted by Crippen LogP contribution is 2.30. The lowest BCUT2D eigenvalue weighted by molar-refractivity contribution is 0.877. The first-order valence-electron chi connectivity index (χ1n) is 6.95. The van der Waals surface area contributed by atoms with Gasteiger partial charge in [0, 0.05) is 24.5 Å². The topological polar surface area (TPSA) is 4.93 Å². The SMILES string of the molecule is Cc1c(-c2cccc(-c3ccccc3)c2)cn(C)c1C. The maximum Gasteiger partial charge on any atom is 0.0176 e. The van der Waals surface area contributed by atoms with Crippen LogP contribution in [-0.4, -0.2) is 4.57 Å². The van der Waals surface area contributed by atoms with E-state index in [-0.39, 0.29) is 0 Å². The van der Waals surface area contributed by atoms with Crippen LogP contribution < -0.4 is 0 Å². The van der Waals surface area contributed by atoms with E-state index in [0.29, 0.717) is 0 Å². The van der Waals surface area contributed by atoms with Crippen LogP contribution in [0.3, 0.4) is 0 Å². The smallest absolute Gasteiger partial charge is 0.0176 e. The van der Waals surface area contributed by atoms with E-state index in [1.54, 1.807) is 0 Å². The van der Waals surface area contributed by atoms with Crippen molar-refractivity contribution >= 4 is 0 Å². The Bertz CT molecular complexity index is 736. The molecular formula is C19H19N. The molecule has 2 aromatic carbocycles. The minimum Gasteiger partial charge on any atom is -0.354 e. The molecule has 0 saturated heterocycles. The normalized spacial score (nSPS) is 10.8. The second-order valence-corrected chi connectivity index (χ2v) is 5.31. The third-order valence-corrected chi connectivity index (χ3v) is 4.08. The van der Waals surface area contributed by atoms with Crippen molar-refractivity contribution in [1.29, 1.82) is 0 Å². The number of rotatable bonds is 2. The van der Waals surface area contributed by atoms with E-state index < -0.39 is 0 Å². The highest BCUT2D eigenvalue weighted by atomic mass is 14.9. The van der Waals surface area contributed by atoms with Gasteiger partial charge in [-0.25, -0.2) is 0 Å². The standard InChI is InChI=1S/C19H19N/c1-14-15(2)20(3)13-19(14)18-11-7-10-17(12-18)16-8-5-4-6-9-16/h4-13H,1-3H3. The molecule has 0 spiro atoms. The Labute approximate surface area is 120 Å². The van der Waals surface area contributed by atoms with Gasteiger partial charge in [-0.1, -0.05) is 48.5 Å². The van der Waals surface area contributed by atoms with Crippen molar-refractivity contribution in [2.24, 2.45) is 7.05 Å². The van der Waals surface area contributed by atoms with Gasteiger partial charge < -0.3 is 4.57 Å². The predicted molar refractivity (Wildman–Crippen MR) is 85.8 cm³/mol. The molecule has 100 valence electrons. The number of aryl methyl sites for hydroxylation is 1. The first-order valence-corrected chi connectivity index (χ1v) is 6.95. The summed E-state index contributed by atoms with van der Waals surface area (Å²) in [5.41, 5.74) is 7.82. The van der Waals surface area contributed by atoms with Crippen molar-refractivity contribution in [2.75, 3.05) is 0 Å². The van der Waals surface area contributed by atoms with E-state index in [2.05, 4.69) is 86.3 Å². The Kier molecular flexibility index (Phi) is 3.19. The summed E-state index contributed by atoms with van der Waals surface area (Å²) in [6.07, 6.45) is 2.22. The molecule has 1 heterocycles.